The highest BCUT2D eigenvalue weighted by atomic mass is 19.1. The molecule has 310 valence electrons. The molecule has 0 spiro atoms. The molecular weight excluding hydrogens is 735 g/mol. The Morgan fingerprint density at radius 3 is 1.61 bits per heavy atom. The summed E-state index contributed by atoms with van der Waals surface area (Å²) in [4.78, 5) is 48.5. The smallest absolute Gasteiger partial charge is 0.410 e. The van der Waals surface area contributed by atoms with Crippen LogP contribution >= 0.6 is 0 Å². The van der Waals surface area contributed by atoms with Crippen LogP contribution in [0.15, 0.2) is 73.6 Å². The van der Waals surface area contributed by atoms with Crippen molar-refractivity contribution in [3.8, 4) is 0 Å². The molecule has 2 atom stereocenters. The fraction of sp³-hybridized carbons (Fsp3) is 0.500. The third-order valence-electron chi connectivity index (χ3n) is 9.28. The number of hydrogen-bond acceptors (Lipinski definition) is 9. The fourth-order valence-electron chi connectivity index (χ4n) is 6.15. The van der Waals surface area contributed by atoms with Gasteiger partial charge in [0.25, 0.3) is 0 Å². The minimum atomic E-state index is -0.475. The average Bonchev–Trinajstić information content (AvgIpc) is 3.85. The summed E-state index contributed by atoms with van der Waals surface area (Å²) in [6, 6.07) is 12.8. The molecular formula is C42H58F2N8O5. The Hall–Kier alpha value is -5.15. The zero-order valence-corrected chi connectivity index (χ0v) is 34.5. The van der Waals surface area contributed by atoms with Crippen molar-refractivity contribution in [3.05, 3.63) is 108 Å². The predicted octanol–water partition coefficient (Wildman–Crippen LogP) is 6.95. The van der Waals surface area contributed by atoms with Gasteiger partial charge in [-0.3, -0.25) is 9.69 Å². The Balaban J connectivity index is 0.000000209. The lowest BCUT2D eigenvalue weighted by Crippen LogP contribution is -2.49. The summed E-state index contributed by atoms with van der Waals surface area (Å²) in [5.41, 5.74) is 2.72. The van der Waals surface area contributed by atoms with Crippen LogP contribution < -0.4 is 5.32 Å². The molecule has 2 aromatic carbocycles. The van der Waals surface area contributed by atoms with Gasteiger partial charge in [-0.2, -0.15) is 0 Å². The van der Waals surface area contributed by atoms with E-state index in [9.17, 15) is 23.2 Å². The fourth-order valence-corrected chi connectivity index (χ4v) is 6.15. The quantitative estimate of drug-likeness (QED) is 0.198. The number of benzene rings is 2. The second-order valence-corrected chi connectivity index (χ2v) is 16.1. The van der Waals surface area contributed by atoms with Gasteiger partial charge in [0.1, 0.15) is 28.5 Å². The molecule has 2 saturated heterocycles. The van der Waals surface area contributed by atoms with Gasteiger partial charge in [-0.15, -0.1) is 0 Å². The Kier molecular flexibility index (Phi) is 15.9. The summed E-state index contributed by atoms with van der Waals surface area (Å²) in [7, 11) is 0. The second-order valence-electron chi connectivity index (χ2n) is 16.1. The normalized spacial score (nSPS) is 16.0. The molecule has 2 aliphatic rings. The third-order valence-corrected chi connectivity index (χ3v) is 9.28. The SMILES string of the molecule is CC(C)(C)OC(=O)N1CCNCC1.C[C@H](c1ccc(F)cc1)n1cncc1C=O.C[C@H](c1ccc(F)cc1)n1cncc1CN1CCN(C(=O)OC(C)(C)C)CC1. The van der Waals surface area contributed by atoms with Crippen LogP contribution in [-0.2, 0) is 16.0 Å². The van der Waals surface area contributed by atoms with E-state index in [-0.39, 0.29) is 41.5 Å². The summed E-state index contributed by atoms with van der Waals surface area (Å²) in [5.74, 6) is -0.498. The van der Waals surface area contributed by atoms with Crippen molar-refractivity contribution in [1.82, 2.24) is 39.1 Å². The van der Waals surface area contributed by atoms with E-state index in [0.29, 0.717) is 18.8 Å². The van der Waals surface area contributed by atoms with Crippen LogP contribution in [0, 0.1) is 11.6 Å². The molecule has 2 fully saturated rings. The summed E-state index contributed by atoms with van der Waals surface area (Å²) in [6.07, 6.45) is 7.11. The molecule has 2 aliphatic heterocycles. The first kappa shape index (κ1) is 44.6. The van der Waals surface area contributed by atoms with Crippen LogP contribution in [0.3, 0.4) is 0 Å². The molecule has 4 heterocycles. The molecule has 57 heavy (non-hydrogen) atoms. The molecule has 13 nitrogen and oxygen atoms in total. The highest BCUT2D eigenvalue weighted by Gasteiger charge is 2.27. The van der Waals surface area contributed by atoms with Crippen LogP contribution in [0.25, 0.3) is 0 Å². The van der Waals surface area contributed by atoms with Crippen molar-refractivity contribution < 1.29 is 32.6 Å². The van der Waals surface area contributed by atoms with E-state index >= 15 is 0 Å². The van der Waals surface area contributed by atoms with Crippen molar-refractivity contribution in [2.75, 3.05) is 52.4 Å². The Bertz CT molecular complexity index is 1850. The lowest BCUT2D eigenvalue weighted by molar-refractivity contribution is 0.0136. The van der Waals surface area contributed by atoms with Gasteiger partial charge >= 0.3 is 12.2 Å². The number of carbonyl (C=O) groups excluding carboxylic acids is 3. The van der Waals surface area contributed by atoms with Crippen molar-refractivity contribution in [2.45, 2.75) is 85.2 Å². The van der Waals surface area contributed by atoms with Crippen LogP contribution in [0.4, 0.5) is 18.4 Å². The van der Waals surface area contributed by atoms with Crippen molar-refractivity contribution in [1.29, 1.82) is 0 Å². The zero-order valence-electron chi connectivity index (χ0n) is 34.5. The molecule has 2 aromatic heterocycles. The van der Waals surface area contributed by atoms with E-state index in [1.807, 2.05) is 73.1 Å². The lowest BCUT2D eigenvalue weighted by atomic mass is 10.1. The summed E-state index contributed by atoms with van der Waals surface area (Å²) >= 11 is 0. The van der Waals surface area contributed by atoms with E-state index in [4.69, 9.17) is 9.47 Å². The number of hydrogen-bond donors (Lipinski definition) is 1. The number of aldehydes is 1. The van der Waals surface area contributed by atoms with Crippen LogP contribution in [0.1, 0.15) is 94.8 Å². The summed E-state index contributed by atoms with van der Waals surface area (Å²) in [6.45, 7) is 22.1. The van der Waals surface area contributed by atoms with Gasteiger partial charge in [0, 0.05) is 65.1 Å². The molecule has 2 amide bonds. The maximum atomic E-state index is 13.2. The van der Waals surface area contributed by atoms with Gasteiger partial charge in [0.05, 0.1) is 36.6 Å². The van der Waals surface area contributed by atoms with Crippen molar-refractivity contribution in [2.24, 2.45) is 0 Å². The van der Waals surface area contributed by atoms with Crippen molar-refractivity contribution in [3.63, 3.8) is 0 Å². The van der Waals surface area contributed by atoms with Crippen LogP contribution in [0.5, 0.6) is 0 Å². The Morgan fingerprint density at radius 2 is 1.14 bits per heavy atom. The summed E-state index contributed by atoms with van der Waals surface area (Å²) in [5, 5.41) is 3.18. The minimum absolute atomic E-state index is 0.0386. The van der Waals surface area contributed by atoms with Crippen molar-refractivity contribution >= 4 is 18.5 Å². The molecule has 4 aromatic rings. The van der Waals surface area contributed by atoms with Gasteiger partial charge in [-0.1, -0.05) is 24.3 Å². The van der Waals surface area contributed by atoms with E-state index in [0.717, 1.165) is 68.9 Å². The number of piperazine rings is 2. The Labute approximate surface area is 335 Å². The Morgan fingerprint density at radius 1 is 0.702 bits per heavy atom. The maximum absolute atomic E-state index is 13.2. The molecule has 0 unspecified atom stereocenters. The first-order chi connectivity index (χ1) is 26.9. The average molecular weight is 793 g/mol. The first-order valence-corrected chi connectivity index (χ1v) is 19.3. The molecule has 0 saturated carbocycles. The highest BCUT2D eigenvalue weighted by Crippen LogP contribution is 2.22. The predicted molar refractivity (Wildman–Crippen MR) is 214 cm³/mol. The lowest BCUT2D eigenvalue weighted by Gasteiger charge is -2.35. The van der Waals surface area contributed by atoms with E-state index in [2.05, 4.69) is 31.7 Å². The van der Waals surface area contributed by atoms with Gasteiger partial charge in [-0.05, 0) is 90.8 Å². The number of ether oxygens (including phenoxy) is 2. The maximum Gasteiger partial charge on any atom is 0.410 e. The molecule has 0 radical (unpaired) electrons. The van der Waals surface area contributed by atoms with E-state index in [1.54, 1.807) is 32.8 Å². The number of halogens is 2. The van der Waals surface area contributed by atoms with E-state index in [1.165, 1.54) is 30.5 Å². The third kappa shape index (κ3) is 14.1. The standard InChI is InChI=1S/C21H29FN4O2.C12H11FN2O.C9H18N2O2/c1-16(17-5-7-18(22)8-6-17)26-15-23-13-19(26)14-24-9-11-25(12-10-24)20(27)28-21(2,3)4;1-9(10-2-4-11(13)5-3-10)15-8-14-6-12(15)7-16;1-9(2,3)13-8(12)11-6-4-10-5-7-11/h5-8,13,15-16H,9-12,14H2,1-4H3;2-9H,1H3;10H,4-7H2,1-3H3/t16-;9-;/m11./s1. The van der Waals surface area contributed by atoms with E-state index < -0.39 is 5.60 Å². The van der Waals surface area contributed by atoms with Gasteiger partial charge in [0.2, 0.25) is 0 Å². The highest BCUT2D eigenvalue weighted by molar-refractivity contribution is 5.71. The molecule has 15 heteroatoms. The number of carbonyl (C=O) groups is 3. The van der Waals surface area contributed by atoms with Gasteiger partial charge < -0.3 is 33.7 Å². The minimum Gasteiger partial charge on any atom is -0.444 e. The first-order valence-electron chi connectivity index (χ1n) is 19.3. The number of imidazole rings is 2. The number of nitrogens with zero attached hydrogens (tertiary/aromatic N) is 7. The van der Waals surface area contributed by atoms with Crippen LogP contribution in [-0.4, -0.2) is 116 Å². The number of rotatable bonds is 7. The number of aromatic nitrogens is 4. The number of nitrogens with one attached hydrogen (secondary N) is 1. The second kappa shape index (κ2) is 20.3. The summed E-state index contributed by atoms with van der Waals surface area (Å²) < 4.78 is 40.5. The van der Waals surface area contributed by atoms with Gasteiger partial charge in [0.15, 0.2) is 6.29 Å². The molecule has 0 bridgehead atoms. The largest absolute Gasteiger partial charge is 0.444 e. The molecule has 1 N–H and O–H groups in total. The van der Waals surface area contributed by atoms with Gasteiger partial charge in [-0.25, -0.2) is 28.3 Å². The molecule has 0 aliphatic carbocycles. The monoisotopic (exact) mass is 792 g/mol. The molecule has 6 rings (SSSR count). The zero-order chi connectivity index (χ0) is 41.8. The van der Waals surface area contributed by atoms with Crippen LogP contribution in [0.2, 0.25) is 0 Å². The number of amides is 2. The topological polar surface area (TPSA) is 127 Å².